The average molecular weight is 623 g/mol. The molecule has 0 amide bonds. The quantitative estimate of drug-likeness (QED) is 0.209. The molecule has 4 unspecified atom stereocenters. The number of ether oxygens (including phenoxy) is 1. The van der Waals surface area contributed by atoms with E-state index in [1.54, 1.807) is 6.20 Å². The lowest BCUT2D eigenvalue weighted by molar-refractivity contribution is 0.0836. The fraction of sp³-hybridized carbons (Fsp3) is 0.417. The second kappa shape index (κ2) is 10.9. The molecule has 8 nitrogen and oxygen atoms in total. The maximum atomic E-state index is 16.9. The summed E-state index contributed by atoms with van der Waals surface area (Å²) in [4.78, 5) is 18.8. The monoisotopic (exact) mass is 622 g/mol. The van der Waals surface area contributed by atoms with Gasteiger partial charge in [-0.2, -0.15) is 9.97 Å². The number of aromatic nitrogens is 3. The van der Waals surface area contributed by atoms with Crippen molar-refractivity contribution in [2.24, 2.45) is 0 Å². The van der Waals surface area contributed by atoms with Crippen LogP contribution in [0.25, 0.3) is 32.9 Å². The summed E-state index contributed by atoms with van der Waals surface area (Å²) >= 11 is 0. The van der Waals surface area contributed by atoms with Crippen molar-refractivity contribution in [2.45, 2.75) is 69.1 Å². The third kappa shape index (κ3) is 4.59. The van der Waals surface area contributed by atoms with Crippen molar-refractivity contribution in [3.63, 3.8) is 0 Å². The lowest BCUT2D eigenvalue weighted by Crippen LogP contribution is -2.51. The van der Waals surface area contributed by atoms with Crippen LogP contribution in [0.2, 0.25) is 0 Å². The Morgan fingerprint density at radius 2 is 1.98 bits per heavy atom. The summed E-state index contributed by atoms with van der Waals surface area (Å²) < 4.78 is 38.1. The number of benzene rings is 2. The number of pyridine rings is 1. The van der Waals surface area contributed by atoms with Gasteiger partial charge >= 0.3 is 6.01 Å². The lowest BCUT2D eigenvalue weighted by atomic mass is 9.94. The number of fused-ring (bicyclic) bond motifs is 5. The van der Waals surface area contributed by atoms with Gasteiger partial charge in [0.1, 0.15) is 35.2 Å². The van der Waals surface area contributed by atoms with Crippen LogP contribution in [-0.4, -0.2) is 74.9 Å². The van der Waals surface area contributed by atoms with E-state index in [2.05, 4.69) is 44.5 Å². The molecule has 46 heavy (non-hydrogen) atoms. The normalized spacial score (nSPS) is 25.8. The van der Waals surface area contributed by atoms with E-state index in [9.17, 15) is 9.50 Å². The minimum atomic E-state index is -0.718. The molecule has 2 aromatic carbocycles. The number of halogens is 2. The molecule has 8 rings (SSSR count). The number of phenolic OH excluding ortho intramolecular Hbond substituents is 1. The lowest BCUT2D eigenvalue weighted by Gasteiger charge is -2.35. The van der Waals surface area contributed by atoms with Crippen LogP contribution in [0.5, 0.6) is 11.8 Å². The number of hydrogen-bond donors (Lipinski definition) is 2. The van der Waals surface area contributed by atoms with Crippen LogP contribution in [0.1, 0.15) is 51.0 Å². The summed E-state index contributed by atoms with van der Waals surface area (Å²) in [5, 5.41) is 15.4. The molecule has 4 fully saturated rings. The molecule has 10 heteroatoms. The van der Waals surface area contributed by atoms with E-state index in [1.165, 1.54) is 29.8 Å². The van der Waals surface area contributed by atoms with Crippen LogP contribution >= 0.6 is 0 Å². The first-order valence-electron chi connectivity index (χ1n) is 16.1. The van der Waals surface area contributed by atoms with Gasteiger partial charge in [-0.25, -0.2) is 8.78 Å². The summed E-state index contributed by atoms with van der Waals surface area (Å²) in [6.45, 7) is 9.19. The van der Waals surface area contributed by atoms with Crippen LogP contribution in [0.3, 0.4) is 0 Å². The van der Waals surface area contributed by atoms with E-state index in [0.29, 0.717) is 46.7 Å². The minimum absolute atomic E-state index is 0.0265. The van der Waals surface area contributed by atoms with Gasteiger partial charge in [-0.1, -0.05) is 31.1 Å². The molecule has 0 radical (unpaired) electrons. The molecule has 2 bridgehead atoms. The zero-order chi connectivity index (χ0) is 31.7. The van der Waals surface area contributed by atoms with Crippen molar-refractivity contribution >= 4 is 27.5 Å². The van der Waals surface area contributed by atoms with E-state index in [-0.39, 0.29) is 39.6 Å². The molecule has 4 atom stereocenters. The summed E-state index contributed by atoms with van der Waals surface area (Å²) in [6.07, 6.45) is 13.4. The standard InChI is InChI=1S/C36H36F2N6O2/c1-4-24-10-11-36(14-20(3)16-44(24)36)19-46-35-41-33-28(34(42-35)43-17-22-7-8-23(18-43)40-22)15-39-32(31(33)38)27-13-25(45)12-21-6-9-29(37)26(5-2)30(21)27/h2,6,9,12-13,15,22-24,40,45H,3-4,7-8,10-11,14,16-19H2,1H3. The first-order valence-corrected chi connectivity index (χ1v) is 16.1. The topological polar surface area (TPSA) is 86.6 Å². The summed E-state index contributed by atoms with van der Waals surface area (Å²) in [5.74, 6) is 1.52. The predicted octanol–water partition coefficient (Wildman–Crippen LogP) is 5.70. The number of nitrogens with zero attached hydrogens (tertiary/aromatic N) is 5. The molecule has 6 heterocycles. The van der Waals surface area contributed by atoms with Crippen LogP contribution in [0.4, 0.5) is 14.6 Å². The zero-order valence-corrected chi connectivity index (χ0v) is 25.8. The highest BCUT2D eigenvalue weighted by atomic mass is 19.1. The van der Waals surface area contributed by atoms with Crippen molar-refractivity contribution in [3.05, 3.63) is 59.8 Å². The summed E-state index contributed by atoms with van der Waals surface area (Å²) in [5.41, 5.74) is 1.13. The number of nitrogens with one attached hydrogen (secondary N) is 1. The van der Waals surface area contributed by atoms with Gasteiger partial charge in [0.2, 0.25) is 0 Å². The Labute approximate surface area is 266 Å². The second-order valence-electron chi connectivity index (χ2n) is 13.4. The van der Waals surface area contributed by atoms with Crippen molar-refractivity contribution in [1.82, 2.24) is 25.2 Å². The van der Waals surface area contributed by atoms with E-state index >= 15 is 4.39 Å². The minimum Gasteiger partial charge on any atom is -0.508 e. The highest BCUT2D eigenvalue weighted by molar-refractivity contribution is 6.03. The fourth-order valence-corrected chi connectivity index (χ4v) is 8.44. The number of hydrogen-bond acceptors (Lipinski definition) is 8. The van der Waals surface area contributed by atoms with Crippen molar-refractivity contribution < 1.29 is 18.6 Å². The first kappa shape index (κ1) is 29.1. The molecule has 4 aromatic rings. The summed E-state index contributed by atoms with van der Waals surface area (Å²) in [7, 11) is 0. The van der Waals surface area contributed by atoms with Gasteiger partial charge in [-0.05, 0) is 62.1 Å². The number of phenols is 1. The van der Waals surface area contributed by atoms with Gasteiger partial charge in [-0.15, -0.1) is 6.42 Å². The van der Waals surface area contributed by atoms with Gasteiger partial charge < -0.3 is 20.1 Å². The molecule has 236 valence electrons. The number of piperazine rings is 1. The maximum Gasteiger partial charge on any atom is 0.319 e. The largest absolute Gasteiger partial charge is 0.508 e. The third-order valence-electron chi connectivity index (χ3n) is 10.5. The van der Waals surface area contributed by atoms with Crippen molar-refractivity contribution in [3.8, 4) is 35.4 Å². The van der Waals surface area contributed by atoms with Gasteiger partial charge in [0.15, 0.2) is 5.82 Å². The Balaban J connectivity index is 1.26. The molecule has 2 N–H and O–H groups in total. The van der Waals surface area contributed by atoms with Crippen molar-refractivity contribution in [1.29, 1.82) is 0 Å². The van der Waals surface area contributed by atoms with E-state index in [1.807, 2.05) is 0 Å². The fourth-order valence-electron chi connectivity index (χ4n) is 8.44. The SMILES string of the molecule is C#Cc1c(F)ccc2cc(O)cc(-c3ncc4c(N5CC6CCC(C5)N6)nc(OCC56CCC(CC)N5CC(=C)C6)nc4c3F)c12. The number of rotatable bonds is 6. The van der Waals surface area contributed by atoms with Gasteiger partial charge in [0.25, 0.3) is 0 Å². The van der Waals surface area contributed by atoms with Crippen LogP contribution < -0.4 is 15.0 Å². The number of aromatic hydroxyl groups is 1. The molecule has 0 spiro atoms. The Morgan fingerprint density at radius 1 is 1.17 bits per heavy atom. The van der Waals surface area contributed by atoms with Crippen LogP contribution in [0, 0.1) is 24.0 Å². The van der Waals surface area contributed by atoms with E-state index in [4.69, 9.17) is 16.1 Å². The van der Waals surface area contributed by atoms with Crippen molar-refractivity contribution in [2.75, 3.05) is 31.1 Å². The third-order valence-corrected chi connectivity index (χ3v) is 10.5. The molecular formula is C36H36F2N6O2. The molecule has 0 aliphatic carbocycles. The predicted molar refractivity (Wildman–Crippen MR) is 174 cm³/mol. The van der Waals surface area contributed by atoms with E-state index in [0.717, 1.165) is 58.2 Å². The summed E-state index contributed by atoms with van der Waals surface area (Å²) in [6, 6.07) is 6.80. The maximum absolute atomic E-state index is 16.9. The first-order chi connectivity index (χ1) is 22.3. The second-order valence-corrected chi connectivity index (χ2v) is 13.4. The number of anilines is 1. The molecule has 2 aromatic heterocycles. The molecular weight excluding hydrogens is 586 g/mol. The molecule has 4 aliphatic rings. The number of terminal acetylenes is 1. The van der Waals surface area contributed by atoms with Gasteiger partial charge in [-0.3, -0.25) is 9.88 Å². The Hall–Kier alpha value is -4.33. The smallest absolute Gasteiger partial charge is 0.319 e. The van der Waals surface area contributed by atoms with Crippen LogP contribution in [-0.2, 0) is 0 Å². The Kier molecular flexibility index (Phi) is 6.89. The van der Waals surface area contributed by atoms with Crippen LogP contribution in [0.15, 0.2) is 42.6 Å². The highest BCUT2D eigenvalue weighted by Gasteiger charge is 2.50. The van der Waals surface area contributed by atoms with E-state index < -0.39 is 11.6 Å². The van der Waals surface area contributed by atoms with Gasteiger partial charge in [0, 0.05) is 54.9 Å². The average Bonchev–Trinajstić information content (AvgIpc) is 3.68. The molecule has 0 saturated carbocycles. The zero-order valence-electron chi connectivity index (χ0n) is 25.8. The highest BCUT2D eigenvalue weighted by Crippen LogP contribution is 2.45. The Morgan fingerprint density at radius 3 is 2.74 bits per heavy atom. The Bertz CT molecular complexity index is 1950. The molecule has 4 saturated heterocycles. The molecule has 4 aliphatic heterocycles. The van der Waals surface area contributed by atoms with Gasteiger partial charge in [0.05, 0.1) is 16.5 Å².